The smallest absolute Gasteiger partial charge is 0.330 e. The van der Waals surface area contributed by atoms with E-state index in [2.05, 4.69) is 0 Å². The molecule has 8 rings (SSSR count). The highest BCUT2D eigenvalue weighted by molar-refractivity contribution is 5.90. The molecule has 4 aliphatic heterocycles. The average molecular weight is 1190 g/mol. The second kappa shape index (κ2) is 30.0. The van der Waals surface area contributed by atoms with E-state index < -0.39 is 203 Å². The molecular formula is C55H85O28+. The maximum absolute atomic E-state index is 13.6. The van der Waals surface area contributed by atoms with Crippen molar-refractivity contribution < 1.29 is 137 Å². The third kappa shape index (κ3) is 16.8. The fourth-order valence-electron chi connectivity index (χ4n) is 12.9. The number of carboxylic acid groups (broad SMARTS) is 1. The second-order valence-electron chi connectivity index (χ2n) is 23.4. The monoisotopic (exact) mass is 1190 g/mol. The lowest BCUT2D eigenvalue weighted by Gasteiger charge is -2.50. The van der Waals surface area contributed by atoms with Gasteiger partial charge in [-0.25, -0.2) is 9.59 Å². The van der Waals surface area contributed by atoms with E-state index in [1.807, 2.05) is 0 Å². The van der Waals surface area contributed by atoms with Gasteiger partial charge in [0, 0.05) is 45.1 Å². The lowest BCUT2D eigenvalue weighted by molar-refractivity contribution is -0.385. The van der Waals surface area contributed by atoms with Gasteiger partial charge >= 0.3 is 23.9 Å². The van der Waals surface area contributed by atoms with Gasteiger partial charge in [-0.15, -0.1) is 0 Å². The first kappa shape index (κ1) is 65.5. The molecule has 472 valence electrons. The van der Waals surface area contributed by atoms with Crippen LogP contribution in [0, 0.1) is 23.7 Å². The molecule has 8 aliphatic rings. The number of carbonyl (C=O) groups is 4. The molecule has 4 heterocycles. The molecule has 0 bridgehead atoms. The summed E-state index contributed by atoms with van der Waals surface area (Å²) in [5.74, 6) is -5.66. The van der Waals surface area contributed by atoms with Crippen LogP contribution in [0.25, 0.3) is 0 Å². The number of methoxy groups -OCH3 is 2. The van der Waals surface area contributed by atoms with E-state index in [1.54, 1.807) is 6.08 Å². The van der Waals surface area contributed by atoms with E-state index >= 15 is 0 Å². The van der Waals surface area contributed by atoms with Crippen molar-refractivity contribution in [3.8, 4) is 0 Å². The van der Waals surface area contributed by atoms with Crippen LogP contribution in [0.2, 0.25) is 0 Å². The molecule has 28 heteroatoms. The molecule has 28 nitrogen and oxygen atoms in total. The Morgan fingerprint density at radius 3 is 1.77 bits per heavy atom. The lowest BCUT2D eigenvalue weighted by Crippen LogP contribution is -2.65. The number of carbonyl (C=O) groups excluding carboxylic acids is 3. The van der Waals surface area contributed by atoms with Gasteiger partial charge in [-0.1, -0.05) is 12.2 Å². The number of allylic oxidation sites excluding steroid dienone is 2. The number of aliphatic hydroxyl groups excluding tert-OH is 11. The molecule has 4 saturated carbocycles. The fraction of sp³-hybridized carbons (Fsp3) is 0.855. The van der Waals surface area contributed by atoms with Crippen molar-refractivity contribution in [2.24, 2.45) is 23.7 Å². The maximum Gasteiger partial charge on any atom is 0.330 e. The van der Waals surface area contributed by atoms with E-state index in [0.29, 0.717) is 64.2 Å². The lowest BCUT2D eigenvalue weighted by atomic mass is 9.73. The van der Waals surface area contributed by atoms with Crippen LogP contribution in [0.15, 0.2) is 24.3 Å². The van der Waals surface area contributed by atoms with Gasteiger partial charge in [0.15, 0.2) is 37.2 Å². The Labute approximate surface area is 479 Å². The largest absolute Gasteiger partial charge is 0.481 e. The molecule has 8 unspecified atom stereocenters. The quantitative estimate of drug-likeness (QED) is 0.0184. The van der Waals surface area contributed by atoms with Gasteiger partial charge in [0.05, 0.1) is 49.1 Å². The van der Waals surface area contributed by atoms with Gasteiger partial charge < -0.3 is 118 Å². The molecule has 22 atom stereocenters. The Bertz CT molecular complexity index is 2140. The number of hydrogen-bond acceptors (Lipinski definition) is 26. The van der Waals surface area contributed by atoms with Crippen molar-refractivity contribution in [1.29, 1.82) is 0 Å². The summed E-state index contributed by atoms with van der Waals surface area (Å²) in [5, 5.41) is 130. The predicted octanol–water partition coefficient (Wildman–Crippen LogP) is -3.60. The molecule has 13 N–H and O–H groups in total. The van der Waals surface area contributed by atoms with Gasteiger partial charge in [0.2, 0.25) is 0 Å². The first-order valence-corrected chi connectivity index (χ1v) is 28.8. The number of hydrogen-bond donors (Lipinski definition) is 12. The van der Waals surface area contributed by atoms with E-state index in [9.17, 15) is 75.3 Å². The molecule has 0 radical (unpaired) electrons. The average Bonchev–Trinajstić information content (AvgIpc) is 3.60. The van der Waals surface area contributed by atoms with Crippen molar-refractivity contribution in [1.82, 2.24) is 0 Å². The van der Waals surface area contributed by atoms with Crippen LogP contribution in [0.3, 0.4) is 0 Å². The summed E-state index contributed by atoms with van der Waals surface area (Å²) in [5.41, 5.74) is 0. The fourth-order valence-corrected chi connectivity index (χ4v) is 12.9. The molecule has 4 saturated heterocycles. The Hall–Kier alpha value is -3.44. The third-order valence-corrected chi connectivity index (χ3v) is 17.6. The van der Waals surface area contributed by atoms with Crippen molar-refractivity contribution in [2.45, 2.75) is 237 Å². The highest BCUT2D eigenvalue weighted by Crippen LogP contribution is 2.44. The first-order valence-electron chi connectivity index (χ1n) is 28.8. The summed E-state index contributed by atoms with van der Waals surface area (Å²) in [6.45, 7) is -1.90. The van der Waals surface area contributed by atoms with Crippen LogP contribution in [-0.4, -0.2) is 271 Å². The van der Waals surface area contributed by atoms with Crippen LogP contribution in [0.4, 0.5) is 0 Å². The molecule has 8 fully saturated rings. The number of aliphatic carboxylic acids is 1. The zero-order valence-electron chi connectivity index (χ0n) is 46.4. The molecule has 83 heavy (non-hydrogen) atoms. The number of esters is 3. The number of rotatable bonds is 20. The summed E-state index contributed by atoms with van der Waals surface area (Å²) in [4.78, 5) is 49.9. The van der Waals surface area contributed by atoms with Gasteiger partial charge in [0.1, 0.15) is 92.9 Å². The molecule has 0 spiro atoms. The van der Waals surface area contributed by atoms with Crippen molar-refractivity contribution in [3.05, 3.63) is 24.3 Å². The molecule has 4 aliphatic carbocycles. The minimum absolute atomic E-state index is 0.0123. The maximum atomic E-state index is 13.6. The zero-order chi connectivity index (χ0) is 59.8. The molecular weight excluding hydrogens is 1110 g/mol. The minimum Gasteiger partial charge on any atom is -0.481 e. The van der Waals surface area contributed by atoms with E-state index in [0.717, 1.165) is 6.08 Å². The van der Waals surface area contributed by atoms with Crippen LogP contribution in [0.1, 0.15) is 89.9 Å². The van der Waals surface area contributed by atoms with E-state index in [4.69, 9.17) is 61.9 Å². The van der Waals surface area contributed by atoms with E-state index in [-0.39, 0.29) is 37.0 Å². The highest BCUT2D eigenvalue weighted by atomic mass is 16.8. The van der Waals surface area contributed by atoms with Crippen LogP contribution >= 0.6 is 0 Å². The topological polar surface area (TPSA) is 425 Å². The summed E-state index contributed by atoms with van der Waals surface area (Å²) in [7, 11) is 2.88. The number of fused-ring (bicyclic) bond motifs is 1. The SMILES string of the molecule is COC1CC(C=CC(=O)O[C@H]2[C@H](O[C@H]3[C@H](OC4CC5C(O[C@@H]6O[C@H](COC(=O)CC(=O)O)[C@@H](O)[C@H](O)[C@H]6O)CC(O)CC5[OH+]C4C4CCC(O)CC4)O[C@H](COC(=O)C=CC4CCC(O)CC4)[C@@H](O)[C@@H]3O)OC[C@@H](O)[C@@H]2O)CC(OC)C1O. The standard InChI is InChI=1S/C55H84O28/c1-72-34-15-25(16-35(73-2)44(34)66)6-14-41(63)82-51-43(65)31(59)21-76-54(51)83-52-48(70)46(68)38(22-74-40(62)13-5-24-3-9-27(56)10-4-24)81-55(52)79-36-19-30-32(77-50(36)26-7-11-28(57)12-8-26)17-29(58)18-33(30)78-53-49(71)47(69)45(67)37(80-53)23-75-42(64)20-39(60)61/h5-6,13-14,24-38,43-59,65-71H,3-4,7-12,15-23H2,1-2H3,(H,60,61)/p+1/t24?,25?,26?,27?,28?,29?,30?,31-,32?,33?,34?,35?,36?,37-,38-,43+,44?,45-,46-,47+,48+,49-,50?,51-,52-,53-,54+,55-/m1/s1. The molecule has 0 amide bonds. The Kier molecular flexibility index (Phi) is 23.7. The Balaban J connectivity index is 1.05. The predicted molar refractivity (Wildman–Crippen MR) is 275 cm³/mol. The normalized spacial score (nSPS) is 45.3. The van der Waals surface area contributed by atoms with Crippen molar-refractivity contribution in [3.63, 3.8) is 0 Å². The second-order valence-corrected chi connectivity index (χ2v) is 23.4. The zero-order valence-corrected chi connectivity index (χ0v) is 46.4. The number of aliphatic hydroxyl groups is 13. The number of carboxylic acids is 1. The molecule has 0 aromatic rings. The summed E-state index contributed by atoms with van der Waals surface area (Å²) in [6.07, 6.45) is -22.6. The van der Waals surface area contributed by atoms with Crippen LogP contribution in [-0.2, 0) is 71.3 Å². The third-order valence-electron chi connectivity index (χ3n) is 17.6. The van der Waals surface area contributed by atoms with Crippen LogP contribution < -0.4 is 0 Å². The highest BCUT2D eigenvalue weighted by Gasteiger charge is 2.58. The van der Waals surface area contributed by atoms with Gasteiger partial charge in [0.25, 0.3) is 0 Å². The molecule has 0 aromatic heterocycles. The Morgan fingerprint density at radius 1 is 0.530 bits per heavy atom. The van der Waals surface area contributed by atoms with Gasteiger partial charge in [-0.3, -0.25) is 9.59 Å². The Morgan fingerprint density at radius 2 is 1.12 bits per heavy atom. The van der Waals surface area contributed by atoms with Gasteiger partial charge in [-0.05, 0) is 82.5 Å². The minimum atomic E-state index is -1.96. The van der Waals surface area contributed by atoms with Crippen molar-refractivity contribution in [2.75, 3.05) is 34.0 Å². The van der Waals surface area contributed by atoms with Crippen molar-refractivity contribution >= 4 is 23.9 Å². The van der Waals surface area contributed by atoms with Gasteiger partial charge in [-0.2, -0.15) is 0 Å². The molecule has 0 aromatic carbocycles. The summed E-state index contributed by atoms with van der Waals surface area (Å²) >= 11 is 0. The van der Waals surface area contributed by atoms with E-state index in [1.165, 1.54) is 26.4 Å². The summed E-state index contributed by atoms with van der Waals surface area (Å²) in [6, 6.07) is 0. The first-order chi connectivity index (χ1) is 39.6. The number of ether oxygens (including phenoxy) is 12. The summed E-state index contributed by atoms with van der Waals surface area (Å²) < 4.78 is 70.1. The van der Waals surface area contributed by atoms with Crippen LogP contribution in [0.5, 0.6) is 0 Å².